The second-order valence-electron chi connectivity index (χ2n) is 6.97. The normalized spacial score (nSPS) is 29.6. The molecular formula is C16H25N3O10S. The van der Waals surface area contributed by atoms with Crippen molar-refractivity contribution < 1.29 is 49.1 Å². The number of nitrogens with two attached hydrogens (primary N) is 1. The lowest BCUT2D eigenvalue weighted by atomic mass is 9.99. The zero-order valence-electron chi connectivity index (χ0n) is 15.9. The number of carbonyl (C=O) groups is 4. The van der Waals surface area contributed by atoms with Gasteiger partial charge in [0.2, 0.25) is 23.9 Å². The van der Waals surface area contributed by atoms with Crippen LogP contribution in [0.25, 0.3) is 0 Å². The van der Waals surface area contributed by atoms with Crippen molar-refractivity contribution in [2.24, 2.45) is 5.73 Å². The molecule has 2 bridgehead atoms. The number of aliphatic carboxylic acids is 2. The van der Waals surface area contributed by atoms with Crippen LogP contribution in [0.3, 0.4) is 0 Å². The molecule has 30 heavy (non-hydrogen) atoms. The number of carboxylic acids is 2. The van der Waals surface area contributed by atoms with E-state index in [-0.39, 0.29) is 36.9 Å². The van der Waals surface area contributed by atoms with E-state index < -0.39 is 60.6 Å². The molecule has 0 aromatic carbocycles. The van der Waals surface area contributed by atoms with E-state index in [1.54, 1.807) is 0 Å². The Balaban J connectivity index is 1.94. The van der Waals surface area contributed by atoms with E-state index in [4.69, 9.17) is 25.4 Å². The molecule has 3 aliphatic rings. The highest BCUT2D eigenvalue weighted by Crippen LogP contribution is 2.40. The average Bonchev–Trinajstić information content (AvgIpc) is 2.68. The number of ether oxygens (including phenoxy) is 2. The number of rotatable bonds is 11. The quantitative estimate of drug-likeness (QED) is 0.165. The number of aliphatic hydroxyl groups excluding tert-OH is 1. The van der Waals surface area contributed by atoms with Crippen LogP contribution >= 0.6 is 11.8 Å². The Bertz CT molecular complexity index is 680. The summed E-state index contributed by atoms with van der Waals surface area (Å²) in [5, 5.41) is 41.7. The number of hydrogen-bond donors (Lipinski definition) is 7. The van der Waals surface area contributed by atoms with Gasteiger partial charge in [0.15, 0.2) is 0 Å². The maximum Gasteiger partial charge on any atom is 0.322 e. The summed E-state index contributed by atoms with van der Waals surface area (Å²) in [6.07, 6.45) is -2.37. The maximum atomic E-state index is 12.3. The minimum absolute atomic E-state index is 0.0128. The molecule has 170 valence electrons. The van der Waals surface area contributed by atoms with Gasteiger partial charge in [-0.3, -0.25) is 19.2 Å². The number of carbonyl (C=O) groups excluding carboxylic acids is 2. The highest BCUT2D eigenvalue weighted by atomic mass is 32.2. The van der Waals surface area contributed by atoms with E-state index in [2.05, 4.69) is 10.6 Å². The fraction of sp³-hybridized carbons (Fsp3) is 0.750. The molecule has 6 atom stereocenters. The standard InChI is InChI=1S/C16H25N3O10S/c17-7(14(24)25)1-2-11(20)19-8(13(23)18-4-12(21)22)6-30-10-3-16(27)15(26)29-9(10)5-28-16/h7-10,15,26-27H,1-6,17H2,(H,18,23)(H,19,20)(H,21,22)(H,24,25)/t7-,8-,9?,10?,15?,16?/m1/s1. The van der Waals surface area contributed by atoms with Gasteiger partial charge >= 0.3 is 11.9 Å². The minimum Gasteiger partial charge on any atom is -0.480 e. The summed E-state index contributed by atoms with van der Waals surface area (Å²) in [5.41, 5.74) is 5.35. The molecule has 4 unspecified atom stereocenters. The Hall–Kier alpha value is -1.97. The number of thioether (sulfide) groups is 1. The smallest absolute Gasteiger partial charge is 0.322 e. The number of hydrogen-bond acceptors (Lipinski definition) is 10. The van der Waals surface area contributed by atoms with Crippen molar-refractivity contribution >= 4 is 35.5 Å². The lowest BCUT2D eigenvalue weighted by Gasteiger charge is -2.49. The fourth-order valence-corrected chi connectivity index (χ4v) is 4.30. The van der Waals surface area contributed by atoms with Gasteiger partial charge in [-0.15, -0.1) is 0 Å². The largest absolute Gasteiger partial charge is 0.480 e. The lowest BCUT2D eigenvalue weighted by Crippen LogP contribution is -2.63. The van der Waals surface area contributed by atoms with Crippen LogP contribution in [0.2, 0.25) is 0 Å². The molecule has 3 aliphatic heterocycles. The van der Waals surface area contributed by atoms with Crippen LogP contribution in [-0.4, -0.2) is 98.6 Å². The van der Waals surface area contributed by atoms with E-state index in [1.165, 1.54) is 11.8 Å². The van der Waals surface area contributed by atoms with Crippen LogP contribution in [0, 0.1) is 0 Å². The summed E-state index contributed by atoms with van der Waals surface area (Å²) in [6.45, 7) is -0.602. The molecule has 0 aliphatic carbocycles. The van der Waals surface area contributed by atoms with Gasteiger partial charge in [0.1, 0.15) is 18.6 Å². The molecule has 0 aromatic heterocycles. The maximum absolute atomic E-state index is 12.3. The van der Waals surface area contributed by atoms with E-state index in [0.29, 0.717) is 0 Å². The minimum atomic E-state index is -1.86. The SMILES string of the molecule is N[C@H](CCC(=O)N[C@H](CSC1CC2(O)OCC1OC2O)C(=O)NCC(=O)O)C(=O)O. The van der Waals surface area contributed by atoms with Gasteiger partial charge in [0.25, 0.3) is 0 Å². The first-order chi connectivity index (χ1) is 14.0. The van der Waals surface area contributed by atoms with Crippen molar-refractivity contribution in [1.29, 1.82) is 0 Å². The zero-order valence-corrected chi connectivity index (χ0v) is 16.7. The topological polar surface area (TPSA) is 218 Å². The third kappa shape index (κ3) is 6.52. The number of aliphatic hydroxyl groups is 2. The van der Waals surface area contributed by atoms with Gasteiger partial charge in [0.05, 0.1) is 12.7 Å². The van der Waals surface area contributed by atoms with Crippen LogP contribution in [-0.2, 0) is 28.7 Å². The number of amides is 2. The number of carboxylic acid groups (broad SMARTS) is 2. The predicted molar refractivity (Wildman–Crippen MR) is 100 cm³/mol. The molecule has 8 N–H and O–H groups in total. The Morgan fingerprint density at radius 1 is 1.27 bits per heavy atom. The molecule has 0 spiro atoms. The van der Waals surface area contributed by atoms with Gasteiger partial charge in [-0.1, -0.05) is 0 Å². The molecule has 14 heteroatoms. The molecule has 3 heterocycles. The Morgan fingerprint density at radius 2 is 1.97 bits per heavy atom. The second-order valence-corrected chi connectivity index (χ2v) is 8.25. The van der Waals surface area contributed by atoms with Gasteiger partial charge in [0, 0.05) is 23.8 Å². The van der Waals surface area contributed by atoms with Gasteiger partial charge < -0.3 is 46.3 Å². The van der Waals surface area contributed by atoms with Gasteiger partial charge in [-0.05, 0) is 6.42 Å². The molecular weight excluding hydrogens is 426 g/mol. The first-order valence-corrected chi connectivity index (χ1v) is 10.2. The van der Waals surface area contributed by atoms with E-state index in [0.717, 1.165) is 0 Å². The van der Waals surface area contributed by atoms with Crippen LogP contribution in [0.4, 0.5) is 0 Å². The Morgan fingerprint density at radius 3 is 2.53 bits per heavy atom. The molecule has 0 radical (unpaired) electrons. The zero-order chi connectivity index (χ0) is 22.5. The molecule has 3 saturated heterocycles. The van der Waals surface area contributed by atoms with Crippen molar-refractivity contribution in [2.45, 2.75) is 54.8 Å². The number of nitrogens with one attached hydrogen (secondary N) is 2. The first kappa shape index (κ1) is 24.3. The molecule has 3 rings (SSSR count). The monoisotopic (exact) mass is 451 g/mol. The second kappa shape index (κ2) is 10.4. The van der Waals surface area contributed by atoms with Crippen LogP contribution in [0.5, 0.6) is 0 Å². The molecule has 2 amide bonds. The summed E-state index contributed by atoms with van der Waals surface area (Å²) < 4.78 is 10.4. The van der Waals surface area contributed by atoms with Gasteiger partial charge in [-0.25, -0.2) is 0 Å². The van der Waals surface area contributed by atoms with Crippen molar-refractivity contribution in [2.75, 3.05) is 18.9 Å². The van der Waals surface area contributed by atoms with Crippen molar-refractivity contribution in [3.05, 3.63) is 0 Å². The molecule has 0 aromatic rings. The van der Waals surface area contributed by atoms with Crippen LogP contribution < -0.4 is 16.4 Å². The summed E-state index contributed by atoms with van der Waals surface area (Å²) in [4.78, 5) is 45.9. The highest BCUT2D eigenvalue weighted by Gasteiger charge is 2.53. The Kier molecular flexibility index (Phi) is 8.40. The fourth-order valence-electron chi connectivity index (χ4n) is 2.91. The summed E-state index contributed by atoms with van der Waals surface area (Å²) in [6, 6.07) is -2.35. The summed E-state index contributed by atoms with van der Waals surface area (Å²) in [5.74, 6) is -5.73. The van der Waals surface area contributed by atoms with Crippen molar-refractivity contribution in [3.63, 3.8) is 0 Å². The number of fused-ring (bicyclic) bond motifs is 3. The van der Waals surface area contributed by atoms with Crippen LogP contribution in [0.15, 0.2) is 0 Å². The third-order valence-corrected chi connectivity index (χ3v) is 6.06. The van der Waals surface area contributed by atoms with E-state index in [9.17, 15) is 29.4 Å². The third-order valence-electron chi connectivity index (χ3n) is 4.64. The van der Waals surface area contributed by atoms with Gasteiger partial charge in [-0.2, -0.15) is 11.8 Å². The molecule has 13 nitrogen and oxygen atoms in total. The van der Waals surface area contributed by atoms with Crippen molar-refractivity contribution in [1.82, 2.24) is 10.6 Å². The molecule has 0 saturated carbocycles. The first-order valence-electron chi connectivity index (χ1n) is 9.10. The molecule has 3 fully saturated rings. The van der Waals surface area contributed by atoms with E-state index in [1.807, 2.05) is 0 Å². The summed E-state index contributed by atoms with van der Waals surface area (Å²) >= 11 is 1.19. The van der Waals surface area contributed by atoms with E-state index >= 15 is 0 Å². The highest BCUT2D eigenvalue weighted by molar-refractivity contribution is 8.00. The Labute approximate surface area is 175 Å². The lowest BCUT2D eigenvalue weighted by molar-refractivity contribution is -0.401. The predicted octanol–water partition coefficient (Wildman–Crippen LogP) is -3.21. The van der Waals surface area contributed by atoms with Crippen molar-refractivity contribution in [3.8, 4) is 0 Å². The van der Waals surface area contributed by atoms with Crippen LogP contribution in [0.1, 0.15) is 19.3 Å². The summed E-state index contributed by atoms with van der Waals surface area (Å²) in [7, 11) is 0. The average molecular weight is 451 g/mol.